The Morgan fingerprint density at radius 3 is 1.50 bits per heavy atom. The van der Waals surface area contributed by atoms with E-state index in [-0.39, 0.29) is 39.8 Å². The number of rotatable bonds is 8. The molecular weight excluding hydrogens is 608 g/mol. The highest BCUT2D eigenvalue weighted by Crippen LogP contribution is 2.35. The molecule has 0 aromatic heterocycles. The van der Waals surface area contributed by atoms with Crippen molar-refractivity contribution in [2.24, 2.45) is 0 Å². The van der Waals surface area contributed by atoms with Gasteiger partial charge < -0.3 is 101 Å². The summed E-state index contributed by atoms with van der Waals surface area (Å²) < 4.78 is 25.5. The number of aliphatic hydroxyl groups is 14. The van der Waals surface area contributed by atoms with Crippen LogP contribution in [-0.4, -0.2) is 215 Å². The van der Waals surface area contributed by atoms with Gasteiger partial charge in [0, 0.05) is 12.8 Å². The number of hydrogen-bond donors (Lipinski definition) is 14. The molecule has 0 radical (unpaired) electrons. The molecule has 44 heavy (non-hydrogen) atoms. The van der Waals surface area contributed by atoms with E-state index >= 15 is 0 Å². The van der Waals surface area contributed by atoms with Gasteiger partial charge in [0.15, 0.2) is 6.29 Å². The molecule has 4 rings (SSSR count). The third-order valence-electron chi connectivity index (χ3n) is 7.38. The van der Waals surface area contributed by atoms with Crippen LogP contribution in [0.3, 0.4) is 0 Å². The quantitative estimate of drug-likeness (QED) is 0.115. The van der Waals surface area contributed by atoms with Crippen molar-refractivity contribution in [3.8, 4) is 0 Å². The van der Waals surface area contributed by atoms with Gasteiger partial charge in [0.2, 0.25) is 5.79 Å². The van der Waals surface area contributed by atoms with Crippen LogP contribution in [0.25, 0.3) is 0 Å². The van der Waals surface area contributed by atoms with E-state index in [1.165, 1.54) is 0 Å². The van der Waals surface area contributed by atoms with Gasteiger partial charge in [0.25, 0.3) is 0 Å². The molecular formula is C24H49O20+. The summed E-state index contributed by atoms with van der Waals surface area (Å²) in [6.07, 6.45) is -14.6. The van der Waals surface area contributed by atoms with Crippen LogP contribution in [0.4, 0.5) is 0 Å². The van der Waals surface area contributed by atoms with Gasteiger partial charge in [-0.15, -0.1) is 0 Å². The summed E-state index contributed by atoms with van der Waals surface area (Å²) in [5.74, 6) is -2.10. The second kappa shape index (κ2) is 19.1. The molecule has 4 aliphatic rings. The first-order valence-corrected chi connectivity index (χ1v) is 13.7. The molecule has 0 spiro atoms. The van der Waals surface area contributed by atoms with Gasteiger partial charge in [-0.3, -0.25) is 0 Å². The lowest BCUT2D eigenvalue weighted by Crippen LogP contribution is -2.57. The molecule has 16 N–H and O–H groups in total. The van der Waals surface area contributed by atoms with E-state index in [1.807, 2.05) is 0 Å². The average Bonchev–Trinajstić information content (AvgIpc) is 3.41. The fraction of sp³-hybridized carbons (Fsp3) is 1.00. The maximum atomic E-state index is 9.99. The van der Waals surface area contributed by atoms with Gasteiger partial charge in [-0.1, -0.05) is 0 Å². The lowest BCUT2D eigenvalue weighted by atomic mass is 10.0. The van der Waals surface area contributed by atoms with Crippen LogP contribution in [0.2, 0.25) is 0 Å². The molecule has 15 unspecified atom stereocenters. The Labute approximate surface area is 253 Å². The van der Waals surface area contributed by atoms with Crippen LogP contribution < -0.4 is 0 Å². The summed E-state index contributed by atoms with van der Waals surface area (Å²) in [7, 11) is 0. The zero-order valence-electron chi connectivity index (χ0n) is 24.7. The van der Waals surface area contributed by atoms with Crippen molar-refractivity contribution in [1.29, 1.82) is 0 Å². The van der Waals surface area contributed by atoms with E-state index < -0.39 is 111 Å². The zero-order chi connectivity index (χ0) is 32.5. The standard InChI is InChI=1S/C12H22O10.C6H12O5.C6H12O4.H2O/c13-2-7-5(16)1-6(17)11(20-7)22-12(4-15)10(19)9(18)8(3-14)21-12;7-1-3-5(9)6(10)4(2-8)11-3;7-2-6-5(9)1-4(8)3-10-6;/h5-11,13-19H,1-4H2;3-10H,1-2H2;4-9H,1-3H2;1H2/p+1. The monoisotopic (exact) mass is 657 g/mol. The molecule has 0 amide bonds. The van der Waals surface area contributed by atoms with Gasteiger partial charge in [0.05, 0.1) is 58.0 Å². The van der Waals surface area contributed by atoms with Crippen molar-refractivity contribution >= 4 is 0 Å². The first-order chi connectivity index (χ1) is 20.3. The fourth-order valence-corrected chi connectivity index (χ4v) is 4.75. The molecule has 4 fully saturated rings. The second-order valence-electron chi connectivity index (χ2n) is 10.5. The van der Waals surface area contributed by atoms with E-state index in [4.69, 9.17) is 69.6 Å². The maximum Gasteiger partial charge on any atom is 1.00 e. The van der Waals surface area contributed by atoms with Gasteiger partial charge in [-0.2, -0.15) is 0 Å². The van der Waals surface area contributed by atoms with E-state index in [2.05, 4.69) is 0 Å². The normalized spacial score (nSPS) is 45.4. The number of hydrogen-bond acceptors (Lipinski definition) is 19. The highest BCUT2D eigenvalue weighted by molar-refractivity contribution is 4.97. The average molecular weight is 658 g/mol. The number of ether oxygens (including phenoxy) is 5. The molecule has 0 saturated carbocycles. The molecule has 0 bridgehead atoms. The highest BCUT2D eigenvalue weighted by Gasteiger charge is 2.57. The summed E-state index contributed by atoms with van der Waals surface area (Å²) in [5, 5.41) is 129. The Hall–Kier alpha value is -0.800. The molecule has 264 valence electrons. The van der Waals surface area contributed by atoms with Gasteiger partial charge in [-0.25, -0.2) is 0 Å². The minimum Gasteiger partial charge on any atom is -0.412 e. The minimum atomic E-state index is -2.10. The zero-order valence-corrected chi connectivity index (χ0v) is 23.7. The third-order valence-corrected chi connectivity index (χ3v) is 7.38. The van der Waals surface area contributed by atoms with Gasteiger partial charge in [0.1, 0.15) is 67.6 Å². The van der Waals surface area contributed by atoms with Crippen molar-refractivity contribution in [3.05, 3.63) is 0 Å². The first-order valence-electron chi connectivity index (χ1n) is 13.7. The van der Waals surface area contributed by atoms with Crippen molar-refractivity contribution in [1.82, 2.24) is 0 Å². The fourth-order valence-electron chi connectivity index (χ4n) is 4.75. The predicted octanol–water partition coefficient (Wildman–Crippen LogP) is -9.13. The highest BCUT2D eigenvalue weighted by atomic mass is 16.8. The Bertz CT molecular complexity index is 771. The molecule has 0 aliphatic carbocycles. The SMILES string of the molecule is O.OCC1OC(CO)C(O)C1O.OCC1OC(OC2(CO)OC(CO)C(O)C2O)C(O)CC1O.OCC1OCC(O)CC1O.[H+]. The van der Waals surface area contributed by atoms with Crippen molar-refractivity contribution in [2.75, 3.05) is 46.2 Å². The summed E-state index contributed by atoms with van der Waals surface area (Å²) >= 11 is 0. The third kappa shape index (κ3) is 10.1. The Balaban J connectivity index is 0.000000708. The van der Waals surface area contributed by atoms with E-state index in [9.17, 15) is 25.5 Å². The topological polar surface area (TPSA) is 361 Å². The van der Waals surface area contributed by atoms with Crippen LogP contribution >= 0.6 is 0 Å². The predicted molar refractivity (Wildman–Crippen MR) is 140 cm³/mol. The van der Waals surface area contributed by atoms with Crippen LogP contribution in [0.1, 0.15) is 14.3 Å². The van der Waals surface area contributed by atoms with Crippen LogP contribution in [-0.2, 0) is 23.7 Å². The Kier molecular flexibility index (Phi) is 17.9. The Morgan fingerprint density at radius 1 is 0.591 bits per heavy atom. The molecule has 15 atom stereocenters. The smallest absolute Gasteiger partial charge is 0.412 e. The largest absolute Gasteiger partial charge is 1.00 e. The molecule has 0 aromatic carbocycles. The van der Waals surface area contributed by atoms with Crippen LogP contribution in [0, 0.1) is 0 Å². The summed E-state index contributed by atoms with van der Waals surface area (Å²) in [6, 6.07) is 0. The van der Waals surface area contributed by atoms with Gasteiger partial charge in [-0.05, 0) is 0 Å². The van der Waals surface area contributed by atoms with Crippen LogP contribution in [0.5, 0.6) is 0 Å². The molecule has 4 saturated heterocycles. The van der Waals surface area contributed by atoms with Crippen LogP contribution in [0.15, 0.2) is 0 Å². The Morgan fingerprint density at radius 2 is 1.09 bits per heavy atom. The molecule has 0 aromatic rings. The molecule has 4 heterocycles. The molecule has 20 nitrogen and oxygen atoms in total. The maximum absolute atomic E-state index is 9.99. The van der Waals surface area contributed by atoms with Gasteiger partial charge >= 0.3 is 1.43 Å². The summed E-state index contributed by atoms with van der Waals surface area (Å²) in [6.45, 7) is -2.69. The lowest BCUT2D eigenvalue weighted by molar-refractivity contribution is -0.372. The lowest BCUT2D eigenvalue weighted by Gasteiger charge is -2.41. The molecule has 20 heteroatoms. The van der Waals surface area contributed by atoms with Crippen molar-refractivity contribution in [3.63, 3.8) is 0 Å². The van der Waals surface area contributed by atoms with E-state index in [0.717, 1.165) is 0 Å². The van der Waals surface area contributed by atoms with E-state index in [1.54, 1.807) is 0 Å². The minimum absolute atomic E-state index is 0. The summed E-state index contributed by atoms with van der Waals surface area (Å²) in [5.41, 5.74) is 0. The second-order valence-corrected chi connectivity index (χ2v) is 10.5. The van der Waals surface area contributed by atoms with E-state index in [0.29, 0.717) is 6.42 Å². The first kappa shape index (κ1) is 41.2. The molecule has 4 aliphatic heterocycles. The van der Waals surface area contributed by atoms with Crippen molar-refractivity contribution in [2.45, 2.75) is 104 Å². The summed E-state index contributed by atoms with van der Waals surface area (Å²) in [4.78, 5) is 0. The van der Waals surface area contributed by atoms with Crippen molar-refractivity contribution < 1.29 is 102 Å². The number of aliphatic hydroxyl groups excluding tert-OH is 14.